The molecule has 1 amide bonds. The van der Waals surface area contributed by atoms with Gasteiger partial charge in [-0.25, -0.2) is 4.98 Å². The lowest BCUT2D eigenvalue weighted by Crippen LogP contribution is -2.37. The zero-order chi connectivity index (χ0) is 18.7. The highest BCUT2D eigenvalue weighted by Gasteiger charge is 2.20. The minimum atomic E-state index is 0.101. The van der Waals surface area contributed by atoms with E-state index >= 15 is 0 Å². The van der Waals surface area contributed by atoms with E-state index in [9.17, 15) is 4.79 Å². The fourth-order valence-corrected chi connectivity index (χ4v) is 3.87. The van der Waals surface area contributed by atoms with Gasteiger partial charge in [0.1, 0.15) is 5.01 Å². The maximum Gasteiger partial charge on any atom is 0.236 e. The highest BCUT2D eigenvalue weighted by molar-refractivity contribution is 7.18. The zero-order valence-corrected chi connectivity index (χ0v) is 16.6. The SMILES string of the molecule is Cc1ccc(CN(C)C(=O)CN(C)[C@H](C)c2nc3ccccc3s2)cc1. The maximum atomic E-state index is 12.6. The Morgan fingerprint density at radius 3 is 2.50 bits per heavy atom. The predicted molar refractivity (Wildman–Crippen MR) is 108 cm³/mol. The molecule has 1 aromatic heterocycles. The lowest BCUT2D eigenvalue weighted by atomic mass is 10.1. The number of thiazole rings is 1. The van der Waals surface area contributed by atoms with Gasteiger partial charge in [0.15, 0.2) is 0 Å². The fraction of sp³-hybridized carbons (Fsp3) is 0.333. The standard InChI is InChI=1S/C21H25N3OS/c1-15-9-11-17(12-10-15)13-24(4)20(25)14-23(3)16(2)21-22-18-7-5-6-8-19(18)26-21/h5-12,16H,13-14H2,1-4H3/t16-/m1/s1. The molecule has 3 rings (SSSR count). The van der Waals surface area contributed by atoms with E-state index in [0.29, 0.717) is 13.1 Å². The molecule has 1 atom stereocenters. The molecule has 0 fully saturated rings. The third-order valence-electron chi connectivity index (χ3n) is 4.68. The Kier molecular flexibility index (Phi) is 5.69. The van der Waals surface area contributed by atoms with Gasteiger partial charge >= 0.3 is 0 Å². The average Bonchev–Trinajstić information content (AvgIpc) is 3.06. The zero-order valence-electron chi connectivity index (χ0n) is 15.8. The van der Waals surface area contributed by atoms with Crippen LogP contribution >= 0.6 is 11.3 Å². The summed E-state index contributed by atoms with van der Waals surface area (Å²) in [7, 11) is 3.84. The van der Waals surface area contributed by atoms with Crippen molar-refractivity contribution in [1.82, 2.24) is 14.8 Å². The van der Waals surface area contributed by atoms with Gasteiger partial charge in [-0.05, 0) is 38.6 Å². The second-order valence-corrected chi connectivity index (χ2v) is 7.91. The Labute approximate surface area is 159 Å². The van der Waals surface area contributed by atoms with Gasteiger partial charge in [-0.15, -0.1) is 11.3 Å². The number of aryl methyl sites for hydroxylation is 1. The van der Waals surface area contributed by atoms with E-state index < -0.39 is 0 Å². The number of carbonyl (C=O) groups excluding carboxylic acids is 1. The number of hydrogen-bond acceptors (Lipinski definition) is 4. The molecule has 5 heteroatoms. The first-order valence-electron chi connectivity index (χ1n) is 8.79. The molecule has 3 aromatic rings. The molecule has 26 heavy (non-hydrogen) atoms. The highest BCUT2D eigenvalue weighted by Crippen LogP contribution is 2.28. The van der Waals surface area contributed by atoms with Crippen LogP contribution in [0.3, 0.4) is 0 Å². The van der Waals surface area contributed by atoms with E-state index in [0.717, 1.165) is 16.1 Å². The number of aromatic nitrogens is 1. The number of hydrogen-bond donors (Lipinski definition) is 0. The molecule has 0 unspecified atom stereocenters. The Bertz CT molecular complexity index is 855. The van der Waals surface area contributed by atoms with E-state index in [-0.39, 0.29) is 11.9 Å². The van der Waals surface area contributed by atoms with Crippen molar-refractivity contribution in [2.75, 3.05) is 20.6 Å². The average molecular weight is 368 g/mol. The summed E-state index contributed by atoms with van der Waals surface area (Å²) in [5.74, 6) is 0.112. The van der Waals surface area contributed by atoms with Gasteiger partial charge in [0.05, 0.1) is 22.8 Å². The molecule has 0 saturated carbocycles. The molecule has 0 radical (unpaired) electrons. The van der Waals surface area contributed by atoms with Crippen molar-refractivity contribution in [3.63, 3.8) is 0 Å². The molecule has 4 nitrogen and oxygen atoms in total. The van der Waals surface area contributed by atoms with Crippen LogP contribution in [0.2, 0.25) is 0 Å². The van der Waals surface area contributed by atoms with Gasteiger partial charge in [0.25, 0.3) is 0 Å². The van der Waals surface area contributed by atoms with Crippen molar-refractivity contribution >= 4 is 27.5 Å². The lowest BCUT2D eigenvalue weighted by molar-refractivity contribution is -0.131. The molecule has 1 heterocycles. The summed E-state index contributed by atoms with van der Waals surface area (Å²) in [5, 5.41) is 1.04. The number of carbonyl (C=O) groups is 1. The van der Waals surface area contributed by atoms with Gasteiger partial charge in [-0.1, -0.05) is 42.0 Å². The number of amides is 1. The first kappa shape index (κ1) is 18.5. The van der Waals surface area contributed by atoms with Gasteiger partial charge in [-0.2, -0.15) is 0 Å². The number of nitrogens with zero attached hydrogens (tertiary/aromatic N) is 3. The Morgan fingerprint density at radius 2 is 1.81 bits per heavy atom. The van der Waals surface area contributed by atoms with Crippen LogP contribution in [0.1, 0.15) is 29.1 Å². The molecule has 0 aliphatic heterocycles. The molecule has 0 bridgehead atoms. The first-order valence-corrected chi connectivity index (χ1v) is 9.61. The third-order valence-corrected chi connectivity index (χ3v) is 5.89. The summed E-state index contributed by atoms with van der Waals surface area (Å²) in [4.78, 5) is 21.2. The predicted octanol–water partition coefficient (Wildman–Crippen LogP) is 4.26. The monoisotopic (exact) mass is 367 g/mol. The van der Waals surface area contributed by atoms with Gasteiger partial charge < -0.3 is 4.90 Å². The van der Waals surface area contributed by atoms with Crippen molar-refractivity contribution < 1.29 is 4.79 Å². The number of fused-ring (bicyclic) bond motifs is 1. The second kappa shape index (κ2) is 7.98. The minimum Gasteiger partial charge on any atom is -0.340 e. The van der Waals surface area contributed by atoms with E-state index in [1.54, 1.807) is 16.2 Å². The normalized spacial score (nSPS) is 12.5. The summed E-state index contributed by atoms with van der Waals surface area (Å²) < 4.78 is 1.19. The van der Waals surface area contributed by atoms with Crippen LogP contribution in [0.4, 0.5) is 0 Å². The van der Waals surface area contributed by atoms with Crippen LogP contribution in [0, 0.1) is 6.92 Å². The number of para-hydroxylation sites is 1. The van der Waals surface area contributed by atoms with Crippen molar-refractivity contribution in [2.24, 2.45) is 0 Å². The van der Waals surface area contributed by atoms with Crippen LogP contribution in [0.5, 0.6) is 0 Å². The molecule has 0 aliphatic rings. The molecule has 0 N–H and O–H groups in total. The van der Waals surface area contributed by atoms with Crippen molar-refractivity contribution in [3.05, 3.63) is 64.7 Å². The van der Waals surface area contributed by atoms with E-state index in [2.05, 4.69) is 49.1 Å². The third kappa shape index (κ3) is 4.29. The topological polar surface area (TPSA) is 36.4 Å². The molecular weight excluding hydrogens is 342 g/mol. The molecule has 0 spiro atoms. The number of rotatable bonds is 6. The summed E-state index contributed by atoms with van der Waals surface area (Å²) in [6.45, 7) is 5.17. The van der Waals surface area contributed by atoms with E-state index in [1.807, 2.05) is 32.3 Å². The van der Waals surface area contributed by atoms with Crippen LogP contribution < -0.4 is 0 Å². The largest absolute Gasteiger partial charge is 0.340 e. The Hall–Kier alpha value is -2.24. The summed E-state index contributed by atoms with van der Waals surface area (Å²) in [6.07, 6.45) is 0. The molecule has 0 saturated heterocycles. The Morgan fingerprint density at radius 1 is 1.12 bits per heavy atom. The van der Waals surface area contributed by atoms with Gasteiger partial charge in [0, 0.05) is 13.6 Å². The fourth-order valence-electron chi connectivity index (χ4n) is 2.78. The van der Waals surface area contributed by atoms with Crippen LogP contribution in [0.25, 0.3) is 10.2 Å². The quantitative estimate of drug-likeness (QED) is 0.653. The summed E-state index contributed by atoms with van der Waals surface area (Å²) in [5.41, 5.74) is 3.40. The first-order chi connectivity index (χ1) is 12.4. The minimum absolute atomic E-state index is 0.101. The van der Waals surface area contributed by atoms with Gasteiger partial charge in [0.2, 0.25) is 5.91 Å². The van der Waals surface area contributed by atoms with Gasteiger partial charge in [-0.3, -0.25) is 9.69 Å². The Balaban J connectivity index is 1.61. The highest BCUT2D eigenvalue weighted by atomic mass is 32.1. The van der Waals surface area contributed by atoms with Crippen molar-refractivity contribution in [1.29, 1.82) is 0 Å². The summed E-state index contributed by atoms with van der Waals surface area (Å²) in [6, 6.07) is 16.6. The van der Waals surface area contributed by atoms with E-state index in [4.69, 9.17) is 4.98 Å². The molecule has 2 aromatic carbocycles. The van der Waals surface area contributed by atoms with Crippen LogP contribution in [0.15, 0.2) is 48.5 Å². The lowest BCUT2D eigenvalue weighted by Gasteiger charge is -2.25. The van der Waals surface area contributed by atoms with Crippen LogP contribution in [-0.2, 0) is 11.3 Å². The van der Waals surface area contributed by atoms with Crippen molar-refractivity contribution in [2.45, 2.75) is 26.4 Å². The molecule has 0 aliphatic carbocycles. The van der Waals surface area contributed by atoms with E-state index in [1.165, 1.54) is 10.3 Å². The summed E-state index contributed by atoms with van der Waals surface area (Å²) >= 11 is 1.70. The second-order valence-electron chi connectivity index (χ2n) is 6.85. The molecular formula is C21H25N3OS. The van der Waals surface area contributed by atoms with Crippen molar-refractivity contribution in [3.8, 4) is 0 Å². The maximum absolute atomic E-state index is 12.6. The smallest absolute Gasteiger partial charge is 0.236 e. The number of benzene rings is 2. The number of likely N-dealkylation sites (N-methyl/N-ethyl adjacent to an activating group) is 2. The molecule has 136 valence electrons. The van der Waals surface area contributed by atoms with Crippen LogP contribution in [-0.4, -0.2) is 41.3 Å².